The molecule has 5 heteroatoms. The Balaban J connectivity index is 1.63. The van der Waals surface area contributed by atoms with Gasteiger partial charge in [-0.25, -0.2) is 0 Å². The summed E-state index contributed by atoms with van der Waals surface area (Å²) in [6.45, 7) is 4.20. The highest BCUT2D eigenvalue weighted by Crippen LogP contribution is 2.21. The van der Waals surface area contributed by atoms with Crippen molar-refractivity contribution >= 4 is 11.3 Å². The summed E-state index contributed by atoms with van der Waals surface area (Å²) in [7, 11) is 0. The van der Waals surface area contributed by atoms with Crippen LogP contribution < -0.4 is 5.32 Å². The summed E-state index contributed by atoms with van der Waals surface area (Å²) < 4.78 is 5.36. The number of hydrogen-bond donors (Lipinski definition) is 1. The fourth-order valence-electron chi connectivity index (χ4n) is 2.36. The summed E-state index contributed by atoms with van der Waals surface area (Å²) in [6, 6.07) is 14.7. The summed E-state index contributed by atoms with van der Waals surface area (Å²) in [6.07, 6.45) is 0.668. The van der Waals surface area contributed by atoms with Crippen LogP contribution in [-0.2, 0) is 6.42 Å². The Kier molecular flexibility index (Phi) is 4.65. The summed E-state index contributed by atoms with van der Waals surface area (Å²) in [5, 5.41) is 9.69. The number of hydrogen-bond acceptors (Lipinski definition) is 5. The van der Waals surface area contributed by atoms with Gasteiger partial charge in [0.15, 0.2) is 5.82 Å². The molecule has 0 aliphatic carbocycles. The highest BCUT2D eigenvalue weighted by Gasteiger charge is 2.17. The van der Waals surface area contributed by atoms with Crippen molar-refractivity contribution in [1.82, 2.24) is 15.5 Å². The number of benzene rings is 1. The molecule has 114 valence electrons. The molecule has 0 fully saturated rings. The molecule has 2 unspecified atom stereocenters. The van der Waals surface area contributed by atoms with Gasteiger partial charge in [-0.05, 0) is 30.9 Å². The number of thiophene rings is 1. The van der Waals surface area contributed by atoms with Gasteiger partial charge in [0.1, 0.15) is 0 Å². The molecule has 22 heavy (non-hydrogen) atoms. The standard InChI is InChI=1S/C17H19N3OS/c1-12(15-9-6-10-22-15)18-13(2)17-19-16(21-20-17)11-14-7-4-3-5-8-14/h3-10,12-13,18H,11H2,1-2H3. The molecule has 0 aliphatic heterocycles. The van der Waals surface area contributed by atoms with E-state index in [4.69, 9.17) is 4.52 Å². The average molecular weight is 313 g/mol. The predicted molar refractivity (Wildman–Crippen MR) is 87.8 cm³/mol. The van der Waals surface area contributed by atoms with E-state index >= 15 is 0 Å². The highest BCUT2D eigenvalue weighted by molar-refractivity contribution is 7.10. The lowest BCUT2D eigenvalue weighted by atomic mass is 10.1. The van der Waals surface area contributed by atoms with Crippen LogP contribution >= 0.6 is 11.3 Å². The van der Waals surface area contributed by atoms with Gasteiger partial charge in [0, 0.05) is 10.9 Å². The second-order valence-corrected chi connectivity index (χ2v) is 6.31. The number of nitrogens with one attached hydrogen (secondary N) is 1. The van der Waals surface area contributed by atoms with Crippen LogP contribution in [0.5, 0.6) is 0 Å². The van der Waals surface area contributed by atoms with Crippen molar-refractivity contribution in [2.24, 2.45) is 0 Å². The smallest absolute Gasteiger partial charge is 0.231 e. The van der Waals surface area contributed by atoms with E-state index in [1.165, 1.54) is 10.4 Å². The second-order valence-electron chi connectivity index (χ2n) is 5.33. The van der Waals surface area contributed by atoms with E-state index < -0.39 is 0 Å². The van der Waals surface area contributed by atoms with Gasteiger partial charge >= 0.3 is 0 Å². The van der Waals surface area contributed by atoms with E-state index in [1.54, 1.807) is 11.3 Å². The lowest BCUT2D eigenvalue weighted by molar-refractivity contribution is 0.369. The topological polar surface area (TPSA) is 51.0 Å². The van der Waals surface area contributed by atoms with Crippen molar-refractivity contribution in [2.45, 2.75) is 32.4 Å². The molecule has 0 radical (unpaired) electrons. The van der Waals surface area contributed by atoms with Crippen LogP contribution in [0.2, 0.25) is 0 Å². The van der Waals surface area contributed by atoms with Gasteiger partial charge in [-0.3, -0.25) is 5.32 Å². The fraction of sp³-hybridized carbons (Fsp3) is 0.294. The molecule has 1 aromatic carbocycles. The van der Waals surface area contributed by atoms with Gasteiger partial charge < -0.3 is 4.52 Å². The Bertz CT molecular complexity index is 694. The summed E-state index contributed by atoms with van der Waals surface area (Å²) in [5.74, 6) is 1.35. The van der Waals surface area contributed by atoms with E-state index in [0.29, 0.717) is 18.1 Å². The zero-order valence-corrected chi connectivity index (χ0v) is 13.5. The average Bonchev–Trinajstić information content (AvgIpc) is 3.19. The first-order chi connectivity index (χ1) is 10.7. The number of aromatic nitrogens is 2. The van der Waals surface area contributed by atoms with Crippen molar-refractivity contribution in [1.29, 1.82) is 0 Å². The van der Waals surface area contributed by atoms with E-state index in [9.17, 15) is 0 Å². The van der Waals surface area contributed by atoms with Gasteiger partial charge in [0.25, 0.3) is 0 Å². The van der Waals surface area contributed by atoms with E-state index in [1.807, 2.05) is 18.2 Å². The van der Waals surface area contributed by atoms with Gasteiger partial charge in [0.2, 0.25) is 5.89 Å². The molecular weight excluding hydrogens is 294 g/mol. The first kappa shape index (κ1) is 14.9. The van der Waals surface area contributed by atoms with Crippen LogP contribution in [0, 0.1) is 0 Å². The third-order valence-electron chi connectivity index (χ3n) is 3.54. The van der Waals surface area contributed by atoms with Crippen LogP contribution in [0.15, 0.2) is 52.4 Å². The minimum absolute atomic E-state index is 0.0466. The number of nitrogens with zero attached hydrogens (tertiary/aromatic N) is 2. The molecule has 2 atom stereocenters. The first-order valence-electron chi connectivity index (χ1n) is 7.38. The zero-order valence-electron chi connectivity index (χ0n) is 12.7. The molecule has 3 aromatic rings. The Hall–Kier alpha value is -1.98. The summed E-state index contributed by atoms with van der Waals surface area (Å²) >= 11 is 1.75. The maximum absolute atomic E-state index is 5.36. The SMILES string of the molecule is CC(NC(C)c1cccs1)c1noc(Cc2ccccc2)n1. The zero-order chi connectivity index (χ0) is 15.4. The molecule has 0 amide bonds. The van der Waals surface area contributed by atoms with E-state index in [-0.39, 0.29) is 12.1 Å². The van der Waals surface area contributed by atoms with E-state index in [0.717, 1.165) is 0 Å². The van der Waals surface area contributed by atoms with Crippen LogP contribution in [0.3, 0.4) is 0 Å². The quantitative estimate of drug-likeness (QED) is 0.743. The van der Waals surface area contributed by atoms with Crippen LogP contribution in [0.1, 0.15) is 48.1 Å². The normalized spacial score (nSPS) is 13.9. The van der Waals surface area contributed by atoms with Gasteiger partial charge in [-0.2, -0.15) is 4.98 Å². The van der Waals surface area contributed by atoms with Crippen molar-refractivity contribution in [2.75, 3.05) is 0 Å². The van der Waals surface area contributed by atoms with Crippen molar-refractivity contribution in [3.63, 3.8) is 0 Å². The third-order valence-corrected chi connectivity index (χ3v) is 4.59. The molecule has 0 spiro atoms. The molecule has 0 saturated carbocycles. The first-order valence-corrected chi connectivity index (χ1v) is 8.26. The highest BCUT2D eigenvalue weighted by atomic mass is 32.1. The van der Waals surface area contributed by atoms with Gasteiger partial charge in [-0.1, -0.05) is 41.6 Å². The molecule has 3 rings (SSSR count). The summed E-state index contributed by atoms with van der Waals surface area (Å²) in [4.78, 5) is 5.81. The van der Waals surface area contributed by atoms with E-state index in [2.05, 4.69) is 59.0 Å². The predicted octanol–water partition coefficient (Wildman–Crippen LogP) is 4.13. The largest absolute Gasteiger partial charge is 0.339 e. The minimum atomic E-state index is 0.0466. The fourth-order valence-corrected chi connectivity index (χ4v) is 3.10. The maximum Gasteiger partial charge on any atom is 0.231 e. The second kappa shape index (κ2) is 6.85. The lowest BCUT2D eigenvalue weighted by Gasteiger charge is -2.16. The summed E-state index contributed by atoms with van der Waals surface area (Å²) in [5.41, 5.74) is 1.17. The molecule has 2 heterocycles. The van der Waals surface area contributed by atoms with Crippen LogP contribution in [0.25, 0.3) is 0 Å². The number of rotatable bonds is 6. The van der Waals surface area contributed by atoms with Crippen LogP contribution in [-0.4, -0.2) is 10.1 Å². The Morgan fingerprint density at radius 1 is 1.09 bits per heavy atom. The molecule has 0 bridgehead atoms. The molecule has 0 saturated heterocycles. The Morgan fingerprint density at radius 2 is 1.91 bits per heavy atom. The molecular formula is C17H19N3OS. The Morgan fingerprint density at radius 3 is 2.64 bits per heavy atom. The van der Waals surface area contributed by atoms with Gasteiger partial charge in [0.05, 0.1) is 12.5 Å². The molecule has 0 aliphatic rings. The van der Waals surface area contributed by atoms with Crippen molar-refractivity contribution < 1.29 is 4.52 Å². The maximum atomic E-state index is 5.36. The van der Waals surface area contributed by atoms with Crippen molar-refractivity contribution in [3.05, 3.63) is 70.0 Å². The minimum Gasteiger partial charge on any atom is -0.339 e. The van der Waals surface area contributed by atoms with Crippen LogP contribution in [0.4, 0.5) is 0 Å². The molecule has 2 aromatic heterocycles. The molecule has 1 N–H and O–H groups in total. The lowest BCUT2D eigenvalue weighted by Crippen LogP contribution is -2.22. The van der Waals surface area contributed by atoms with Crippen molar-refractivity contribution in [3.8, 4) is 0 Å². The monoisotopic (exact) mass is 313 g/mol. The third kappa shape index (κ3) is 3.61. The van der Waals surface area contributed by atoms with Gasteiger partial charge in [-0.15, -0.1) is 11.3 Å². The molecule has 4 nitrogen and oxygen atoms in total. The Labute approximate surface area is 134 Å².